The van der Waals surface area contributed by atoms with Crippen molar-refractivity contribution in [2.75, 3.05) is 19.6 Å². The van der Waals surface area contributed by atoms with Crippen molar-refractivity contribution in [3.05, 3.63) is 23.7 Å². The van der Waals surface area contributed by atoms with Crippen molar-refractivity contribution >= 4 is 18.3 Å². The van der Waals surface area contributed by atoms with E-state index in [1.54, 1.807) is 6.26 Å². The maximum Gasteiger partial charge on any atom is 0.289 e. The number of hydrogen-bond donors (Lipinski definition) is 1. The van der Waals surface area contributed by atoms with Gasteiger partial charge < -0.3 is 14.6 Å². The molecule has 4 nitrogen and oxygen atoms in total. The summed E-state index contributed by atoms with van der Waals surface area (Å²) in [6.45, 7) is 4.75. The van der Waals surface area contributed by atoms with Crippen molar-refractivity contribution in [3.63, 3.8) is 0 Å². The van der Waals surface area contributed by atoms with Crippen LogP contribution in [0.3, 0.4) is 0 Å². The van der Waals surface area contributed by atoms with Crippen molar-refractivity contribution in [2.45, 2.75) is 38.6 Å². The molecule has 0 atom stereocenters. The zero-order chi connectivity index (χ0) is 13.2. The second-order valence-corrected chi connectivity index (χ2v) is 5.85. The van der Waals surface area contributed by atoms with E-state index < -0.39 is 0 Å². The zero-order valence-electron chi connectivity index (χ0n) is 11.9. The van der Waals surface area contributed by atoms with Crippen LogP contribution in [-0.2, 0) is 0 Å². The van der Waals surface area contributed by atoms with Gasteiger partial charge in [0, 0.05) is 24.7 Å². The summed E-state index contributed by atoms with van der Waals surface area (Å²) in [7, 11) is 0. The standard InChI is InChI=1S/C15H22N2O2.ClH/c1-11-6-9-19-14(11)15(18)17-7-4-13(5-8-17)16-10-12-2-3-12;/h6,9,12-13,16H,2-5,7-8,10H2,1H3;1H. The van der Waals surface area contributed by atoms with Gasteiger partial charge in [-0.05, 0) is 51.1 Å². The Balaban J connectivity index is 0.00000147. The summed E-state index contributed by atoms with van der Waals surface area (Å²) in [5.74, 6) is 1.47. The lowest BCUT2D eigenvalue weighted by atomic mass is 10.0. The van der Waals surface area contributed by atoms with Crippen LogP contribution in [0, 0.1) is 12.8 Å². The Hall–Kier alpha value is -1.00. The first-order valence-electron chi connectivity index (χ1n) is 7.31. The smallest absolute Gasteiger partial charge is 0.289 e. The minimum Gasteiger partial charge on any atom is -0.459 e. The summed E-state index contributed by atoms with van der Waals surface area (Å²) >= 11 is 0. The molecule has 1 aromatic heterocycles. The lowest BCUT2D eigenvalue weighted by Crippen LogP contribution is -2.45. The first-order chi connectivity index (χ1) is 9.24. The largest absolute Gasteiger partial charge is 0.459 e. The number of nitrogens with zero attached hydrogens (tertiary/aromatic N) is 1. The van der Waals surface area contributed by atoms with Gasteiger partial charge in [-0.25, -0.2) is 0 Å². The molecule has 20 heavy (non-hydrogen) atoms. The van der Waals surface area contributed by atoms with E-state index in [0.717, 1.165) is 44.0 Å². The zero-order valence-corrected chi connectivity index (χ0v) is 12.7. The quantitative estimate of drug-likeness (QED) is 0.929. The summed E-state index contributed by atoms with van der Waals surface area (Å²) in [6, 6.07) is 2.43. The Kier molecular flexibility index (Phi) is 5.11. The van der Waals surface area contributed by atoms with Crippen LogP contribution in [0.1, 0.15) is 41.8 Å². The van der Waals surface area contributed by atoms with Crippen LogP contribution in [0.2, 0.25) is 0 Å². The Morgan fingerprint density at radius 2 is 2.05 bits per heavy atom. The van der Waals surface area contributed by atoms with Crippen molar-refractivity contribution in [2.24, 2.45) is 5.92 Å². The second kappa shape index (κ2) is 6.64. The highest BCUT2D eigenvalue weighted by Crippen LogP contribution is 2.28. The number of halogens is 1. The fourth-order valence-electron chi connectivity index (χ4n) is 2.68. The number of carbonyl (C=O) groups excluding carboxylic acids is 1. The highest BCUT2D eigenvalue weighted by Gasteiger charge is 2.27. The Morgan fingerprint density at radius 1 is 1.35 bits per heavy atom. The third-order valence-electron chi connectivity index (χ3n) is 4.23. The van der Waals surface area contributed by atoms with Crippen molar-refractivity contribution in [3.8, 4) is 0 Å². The second-order valence-electron chi connectivity index (χ2n) is 5.85. The summed E-state index contributed by atoms with van der Waals surface area (Å²) in [5, 5.41) is 3.63. The monoisotopic (exact) mass is 298 g/mol. The Morgan fingerprint density at radius 3 is 2.60 bits per heavy atom. The molecular formula is C15H23ClN2O2. The van der Waals surface area contributed by atoms with Gasteiger partial charge in [0.25, 0.3) is 5.91 Å². The van der Waals surface area contributed by atoms with Crippen LogP contribution in [-0.4, -0.2) is 36.5 Å². The van der Waals surface area contributed by atoms with Crippen LogP contribution in [0.5, 0.6) is 0 Å². The predicted molar refractivity (Wildman–Crippen MR) is 80.3 cm³/mol. The summed E-state index contributed by atoms with van der Waals surface area (Å²) < 4.78 is 5.29. The molecule has 5 heteroatoms. The predicted octanol–water partition coefficient (Wildman–Crippen LogP) is 2.61. The number of nitrogens with one attached hydrogen (secondary N) is 1. The molecule has 0 radical (unpaired) electrons. The molecule has 1 saturated heterocycles. The molecular weight excluding hydrogens is 276 g/mol. The highest BCUT2D eigenvalue weighted by molar-refractivity contribution is 5.92. The molecule has 2 heterocycles. The molecule has 2 aliphatic rings. The molecule has 0 spiro atoms. The van der Waals surface area contributed by atoms with E-state index >= 15 is 0 Å². The maximum absolute atomic E-state index is 12.3. The normalized spacial score (nSPS) is 19.8. The van der Waals surface area contributed by atoms with E-state index in [0.29, 0.717) is 11.8 Å². The number of carbonyl (C=O) groups is 1. The number of likely N-dealkylation sites (tertiary alicyclic amines) is 1. The third kappa shape index (κ3) is 3.55. The van der Waals surface area contributed by atoms with E-state index in [4.69, 9.17) is 4.42 Å². The molecule has 112 valence electrons. The molecule has 2 fully saturated rings. The van der Waals surface area contributed by atoms with Crippen LogP contribution in [0.25, 0.3) is 0 Å². The molecule has 1 N–H and O–H groups in total. The third-order valence-corrected chi connectivity index (χ3v) is 4.23. The summed E-state index contributed by atoms with van der Waals surface area (Å²) in [4.78, 5) is 14.2. The number of rotatable bonds is 4. The van der Waals surface area contributed by atoms with Gasteiger partial charge in [-0.2, -0.15) is 0 Å². The molecule has 0 aromatic carbocycles. The van der Waals surface area contributed by atoms with Crippen LogP contribution >= 0.6 is 12.4 Å². The molecule has 1 amide bonds. The van der Waals surface area contributed by atoms with Gasteiger partial charge in [0.1, 0.15) is 0 Å². The molecule has 1 saturated carbocycles. The lowest BCUT2D eigenvalue weighted by Gasteiger charge is -2.32. The fraction of sp³-hybridized carbons (Fsp3) is 0.667. The van der Waals surface area contributed by atoms with Gasteiger partial charge >= 0.3 is 0 Å². The molecule has 0 unspecified atom stereocenters. The van der Waals surface area contributed by atoms with Crippen LogP contribution in [0.4, 0.5) is 0 Å². The van der Waals surface area contributed by atoms with Gasteiger partial charge in [0.15, 0.2) is 5.76 Å². The van der Waals surface area contributed by atoms with Gasteiger partial charge in [-0.3, -0.25) is 4.79 Å². The summed E-state index contributed by atoms with van der Waals surface area (Å²) in [6.07, 6.45) is 6.48. The SMILES string of the molecule is Cc1ccoc1C(=O)N1CCC(NCC2CC2)CC1.Cl. The van der Waals surface area contributed by atoms with Crippen molar-refractivity contribution in [1.82, 2.24) is 10.2 Å². The fourth-order valence-corrected chi connectivity index (χ4v) is 2.68. The topological polar surface area (TPSA) is 45.5 Å². The van der Waals surface area contributed by atoms with Gasteiger partial charge in [-0.15, -0.1) is 12.4 Å². The van der Waals surface area contributed by atoms with E-state index in [1.807, 2.05) is 17.9 Å². The lowest BCUT2D eigenvalue weighted by molar-refractivity contribution is 0.0672. The summed E-state index contributed by atoms with van der Waals surface area (Å²) in [5.41, 5.74) is 0.930. The van der Waals surface area contributed by atoms with Crippen LogP contribution < -0.4 is 5.32 Å². The van der Waals surface area contributed by atoms with E-state index in [1.165, 1.54) is 12.8 Å². The van der Waals surface area contributed by atoms with Crippen LogP contribution in [0.15, 0.2) is 16.7 Å². The number of aryl methyl sites for hydroxylation is 1. The van der Waals surface area contributed by atoms with Gasteiger partial charge in [0.2, 0.25) is 0 Å². The molecule has 1 aliphatic carbocycles. The average molecular weight is 299 g/mol. The number of piperidine rings is 1. The van der Waals surface area contributed by atoms with Crippen molar-refractivity contribution in [1.29, 1.82) is 0 Å². The molecule has 1 aromatic rings. The van der Waals surface area contributed by atoms with E-state index in [9.17, 15) is 4.79 Å². The average Bonchev–Trinajstić information content (AvgIpc) is 3.17. The molecule has 0 bridgehead atoms. The Bertz CT molecular complexity index is 448. The van der Waals surface area contributed by atoms with Crippen molar-refractivity contribution < 1.29 is 9.21 Å². The maximum atomic E-state index is 12.3. The molecule has 3 rings (SSSR count). The number of hydrogen-bond acceptors (Lipinski definition) is 3. The minimum absolute atomic E-state index is 0. The highest BCUT2D eigenvalue weighted by atomic mass is 35.5. The molecule has 1 aliphatic heterocycles. The van der Waals surface area contributed by atoms with E-state index in [2.05, 4.69) is 5.32 Å². The Labute approximate surface area is 126 Å². The van der Waals surface area contributed by atoms with Gasteiger partial charge in [-0.1, -0.05) is 0 Å². The van der Waals surface area contributed by atoms with Gasteiger partial charge in [0.05, 0.1) is 6.26 Å². The first kappa shape index (κ1) is 15.4. The minimum atomic E-state index is 0. The first-order valence-corrected chi connectivity index (χ1v) is 7.31. The van der Waals surface area contributed by atoms with E-state index in [-0.39, 0.29) is 18.3 Å². The number of amides is 1. The number of furan rings is 1.